The molecule has 0 aliphatic heterocycles. The van der Waals surface area contributed by atoms with Crippen molar-refractivity contribution in [1.29, 1.82) is 5.26 Å². The minimum Gasteiger partial charge on any atom is -0.372 e. The monoisotopic (exact) mass is 410 g/mol. The minimum absolute atomic E-state index is 0.605. The van der Waals surface area contributed by atoms with Gasteiger partial charge in [-0.25, -0.2) is 9.97 Å². The lowest BCUT2D eigenvalue weighted by Gasteiger charge is -2.25. The highest BCUT2D eigenvalue weighted by Crippen LogP contribution is 2.29. The SMILES string of the molecule is CC.CNc1nccnc1C(C)(C)C#N.c1ccc2sc(NC3CCC3)nc2c1. The van der Waals surface area contributed by atoms with Crippen LogP contribution in [0, 0.1) is 11.3 Å². The summed E-state index contributed by atoms with van der Waals surface area (Å²) in [4.78, 5) is 12.8. The number of rotatable bonds is 4. The molecule has 6 nitrogen and oxygen atoms in total. The van der Waals surface area contributed by atoms with Gasteiger partial charge >= 0.3 is 0 Å². The minimum atomic E-state index is -0.605. The van der Waals surface area contributed by atoms with Crippen LogP contribution in [0.2, 0.25) is 0 Å². The molecule has 4 rings (SSSR count). The molecule has 0 saturated heterocycles. The topological polar surface area (TPSA) is 86.5 Å². The third-order valence-electron chi connectivity index (χ3n) is 4.53. The summed E-state index contributed by atoms with van der Waals surface area (Å²) in [6, 6.07) is 11.2. The van der Waals surface area contributed by atoms with Crippen molar-refractivity contribution in [2.75, 3.05) is 17.7 Å². The van der Waals surface area contributed by atoms with Crippen LogP contribution in [-0.2, 0) is 5.41 Å². The predicted octanol–water partition coefficient (Wildman–Crippen LogP) is 5.61. The Labute approximate surface area is 177 Å². The van der Waals surface area contributed by atoms with E-state index >= 15 is 0 Å². The quantitative estimate of drug-likeness (QED) is 0.581. The first-order chi connectivity index (χ1) is 14.0. The lowest BCUT2D eigenvalue weighted by molar-refractivity contribution is 0.445. The van der Waals surface area contributed by atoms with E-state index in [0.29, 0.717) is 17.6 Å². The van der Waals surface area contributed by atoms with Gasteiger partial charge in [-0.3, -0.25) is 4.98 Å². The van der Waals surface area contributed by atoms with Gasteiger partial charge in [0, 0.05) is 25.5 Å². The van der Waals surface area contributed by atoms with Crippen molar-refractivity contribution in [3.8, 4) is 6.07 Å². The van der Waals surface area contributed by atoms with Crippen molar-refractivity contribution in [2.45, 2.75) is 58.4 Å². The van der Waals surface area contributed by atoms with E-state index < -0.39 is 5.41 Å². The van der Waals surface area contributed by atoms with Gasteiger partial charge in [0.1, 0.15) is 11.5 Å². The van der Waals surface area contributed by atoms with Gasteiger partial charge in [0.15, 0.2) is 5.13 Å². The van der Waals surface area contributed by atoms with Crippen molar-refractivity contribution < 1.29 is 0 Å². The molecule has 2 heterocycles. The molecule has 29 heavy (non-hydrogen) atoms. The largest absolute Gasteiger partial charge is 0.372 e. The van der Waals surface area contributed by atoms with E-state index in [9.17, 15) is 0 Å². The van der Waals surface area contributed by atoms with E-state index in [1.165, 1.54) is 24.0 Å². The predicted molar refractivity (Wildman–Crippen MR) is 122 cm³/mol. The Bertz CT molecular complexity index is 907. The number of hydrogen-bond donors (Lipinski definition) is 2. The number of nitriles is 1. The van der Waals surface area contributed by atoms with Crippen molar-refractivity contribution in [3.05, 3.63) is 42.4 Å². The van der Waals surface area contributed by atoms with Gasteiger partial charge in [-0.1, -0.05) is 37.3 Å². The molecule has 0 atom stereocenters. The van der Waals surface area contributed by atoms with Crippen LogP contribution in [0.25, 0.3) is 10.2 Å². The lowest BCUT2D eigenvalue weighted by atomic mass is 9.91. The highest BCUT2D eigenvalue weighted by atomic mass is 32.1. The van der Waals surface area contributed by atoms with Gasteiger partial charge in [-0.05, 0) is 45.2 Å². The van der Waals surface area contributed by atoms with Gasteiger partial charge in [0.05, 0.1) is 21.7 Å². The average Bonchev–Trinajstić information content (AvgIpc) is 3.15. The zero-order chi connectivity index (χ0) is 21.3. The Morgan fingerprint density at radius 2 is 1.83 bits per heavy atom. The molecule has 1 aliphatic rings. The second-order valence-electron chi connectivity index (χ2n) is 7.00. The molecule has 0 amide bonds. The molecule has 1 aliphatic carbocycles. The summed E-state index contributed by atoms with van der Waals surface area (Å²) in [5.74, 6) is 0.661. The number of anilines is 2. The van der Waals surface area contributed by atoms with Crippen LogP contribution >= 0.6 is 11.3 Å². The molecule has 0 bridgehead atoms. The molecule has 2 N–H and O–H groups in total. The van der Waals surface area contributed by atoms with Crippen molar-refractivity contribution >= 4 is 32.5 Å². The normalized spacial score (nSPS) is 13.1. The summed E-state index contributed by atoms with van der Waals surface area (Å²) in [5, 5.41) is 16.4. The molecule has 0 spiro atoms. The van der Waals surface area contributed by atoms with Crippen molar-refractivity contribution in [1.82, 2.24) is 15.0 Å². The molecular formula is C22H30N6S. The fourth-order valence-corrected chi connectivity index (χ4v) is 3.64. The number of fused-ring (bicyclic) bond motifs is 1. The molecule has 0 radical (unpaired) electrons. The molecule has 154 valence electrons. The number of thiazole rings is 1. The first-order valence-corrected chi connectivity index (χ1v) is 10.9. The number of nitrogens with one attached hydrogen (secondary N) is 2. The number of para-hydroxylation sites is 1. The van der Waals surface area contributed by atoms with E-state index in [4.69, 9.17) is 5.26 Å². The van der Waals surface area contributed by atoms with Crippen LogP contribution in [-0.4, -0.2) is 28.0 Å². The summed E-state index contributed by atoms with van der Waals surface area (Å²) in [6.07, 6.45) is 7.16. The van der Waals surface area contributed by atoms with E-state index in [-0.39, 0.29) is 0 Å². The summed E-state index contributed by atoms with van der Waals surface area (Å²) in [7, 11) is 1.76. The van der Waals surface area contributed by atoms with Crippen LogP contribution in [0.1, 0.15) is 52.7 Å². The average molecular weight is 411 g/mol. The Balaban J connectivity index is 0.000000192. The number of nitrogens with zero attached hydrogens (tertiary/aromatic N) is 4. The maximum absolute atomic E-state index is 8.92. The van der Waals surface area contributed by atoms with Crippen molar-refractivity contribution in [2.24, 2.45) is 0 Å². The van der Waals surface area contributed by atoms with Gasteiger partial charge in [-0.2, -0.15) is 5.26 Å². The zero-order valence-corrected chi connectivity index (χ0v) is 18.7. The fourth-order valence-electron chi connectivity index (χ4n) is 2.69. The maximum atomic E-state index is 8.92. The summed E-state index contributed by atoms with van der Waals surface area (Å²) >= 11 is 1.75. The molecule has 1 fully saturated rings. The molecule has 1 aromatic carbocycles. The van der Waals surface area contributed by atoms with E-state index in [2.05, 4.69) is 49.9 Å². The molecule has 3 aromatic rings. The van der Waals surface area contributed by atoms with Crippen molar-refractivity contribution in [3.63, 3.8) is 0 Å². The van der Waals surface area contributed by atoms with E-state index in [1.54, 1.807) is 30.8 Å². The third kappa shape index (κ3) is 5.88. The first-order valence-electron chi connectivity index (χ1n) is 10.1. The fraction of sp³-hybridized carbons (Fsp3) is 0.455. The van der Waals surface area contributed by atoms with Gasteiger partial charge in [0.2, 0.25) is 0 Å². The zero-order valence-electron chi connectivity index (χ0n) is 17.9. The Kier molecular flexibility index (Phi) is 8.34. The van der Waals surface area contributed by atoms with Gasteiger partial charge in [-0.15, -0.1) is 0 Å². The first kappa shape index (κ1) is 22.6. The molecule has 7 heteroatoms. The van der Waals surface area contributed by atoms with Crippen LogP contribution in [0.4, 0.5) is 10.9 Å². The van der Waals surface area contributed by atoms with E-state index in [1.807, 2.05) is 33.8 Å². The maximum Gasteiger partial charge on any atom is 0.184 e. The molecular weight excluding hydrogens is 380 g/mol. The standard InChI is InChI=1S/C11H12N2S.C9H12N4.C2H6/c1-2-7-10-9(6-1)13-11(14-10)12-8-4-3-5-8;1-9(2,6-10)7-8(11-3)13-5-4-12-7;1-2/h1-2,6-8H,3-5H2,(H,12,13);4-5H,1-3H3,(H,11,13);1-2H3. The second-order valence-corrected chi connectivity index (χ2v) is 8.03. The van der Waals surface area contributed by atoms with Gasteiger partial charge < -0.3 is 10.6 Å². The number of hydrogen-bond acceptors (Lipinski definition) is 7. The van der Waals surface area contributed by atoms with Crippen LogP contribution in [0.3, 0.4) is 0 Å². The molecule has 1 saturated carbocycles. The Morgan fingerprint density at radius 3 is 2.41 bits per heavy atom. The van der Waals surface area contributed by atoms with E-state index in [0.717, 1.165) is 10.6 Å². The highest BCUT2D eigenvalue weighted by Gasteiger charge is 2.25. The smallest absolute Gasteiger partial charge is 0.184 e. The Hall–Kier alpha value is -2.72. The Morgan fingerprint density at radius 1 is 1.14 bits per heavy atom. The third-order valence-corrected chi connectivity index (χ3v) is 5.50. The summed E-state index contributed by atoms with van der Waals surface area (Å²) < 4.78 is 1.27. The highest BCUT2D eigenvalue weighted by molar-refractivity contribution is 7.22. The number of benzene rings is 1. The van der Waals surface area contributed by atoms with Crippen LogP contribution in [0.5, 0.6) is 0 Å². The lowest BCUT2D eigenvalue weighted by Crippen LogP contribution is -2.26. The number of aromatic nitrogens is 3. The summed E-state index contributed by atoms with van der Waals surface area (Å²) in [5.41, 5.74) is 1.19. The molecule has 0 unspecified atom stereocenters. The van der Waals surface area contributed by atoms with Crippen LogP contribution in [0.15, 0.2) is 36.7 Å². The van der Waals surface area contributed by atoms with Crippen LogP contribution < -0.4 is 10.6 Å². The molecule has 2 aromatic heterocycles. The second kappa shape index (κ2) is 10.7. The summed E-state index contributed by atoms with van der Waals surface area (Å²) in [6.45, 7) is 7.63. The van der Waals surface area contributed by atoms with Gasteiger partial charge in [0.25, 0.3) is 0 Å².